The molecular formula is C9H5O4P. The van der Waals surface area contributed by atoms with E-state index in [1.54, 1.807) is 24.3 Å². The number of hydrogen-bond donors (Lipinski definition) is 0. The van der Waals surface area contributed by atoms with Crippen LogP contribution in [-0.4, -0.2) is 0 Å². The first-order chi connectivity index (χ1) is 6.68. The number of para-hydroxylation sites is 1. The fourth-order valence-corrected chi connectivity index (χ4v) is 1.58. The molecule has 0 radical (unpaired) electrons. The first-order valence-corrected chi connectivity index (χ1v) is 5.03. The number of hydrogen-bond acceptors (Lipinski definition) is 4. The molecular weight excluding hydrogens is 203 g/mol. The van der Waals surface area contributed by atoms with Crippen LogP contribution in [0.25, 0.3) is 11.0 Å². The molecule has 5 heteroatoms. The van der Waals surface area contributed by atoms with E-state index in [1.807, 2.05) is 0 Å². The molecule has 2 aromatic rings. The molecule has 0 fully saturated rings. The fourth-order valence-electron chi connectivity index (χ4n) is 1.18. The van der Waals surface area contributed by atoms with Crippen LogP contribution in [0, 0.1) is 0 Å². The van der Waals surface area contributed by atoms with E-state index in [2.05, 4.69) is 0 Å². The van der Waals surface area contributed by atoms with Crippen LogP contribution in [0.4, 0.5) is 0 Å². The average Bonchev–Trinajstić information content (AvgIpc) is 2.17. The van der Waals surface area contributed by atoms with Crippen molar-refractivity contribution >= 4 is 24.2 Å². The van der Waals surface area contributed by atoms with Crippen molar-refractivity contribution in [2.45, 2.75) is 0 Å². The highest BCUT2D eigenvalue weighted by molar-refractivity contribution is 7.40. The van der Waals surface area contributed by atoms with Crippen molar-refractivity contribution in [3.63, 3.8) is 0 Å². The van der Waals surface area contributed by atoms with Gasteiger partial charge in [0.2, 0.25) is 5.50 Å². The number of rotatable bonds is 1. The van der Waals surface area contributed by atoms with Gasteiger partial charge in [-0.15, -0.1) is 0 Å². The van der Waals surface area contributed by atoms with Gasteiger partial charge in [0.15, 0.2) is 5.43 Å². The first kappa shape index (κ1) is 8.91. The summed E-state index contributed by atoms with van der Waals surface area (Å²) in [5.74, 6) is 0. The highest BCUT2D eigenvalue weighted by atomic mass is 31.1. The molecule has 0 amide bonds. The van der Waals surface area contributed by atoms with Gasteiger partial charge in [-0.05, 0) is 12.1 Å². The molecule has 0 aliphatic rings. The second-order valence-corrected chi connectivity index (χ2v) is 3.66. The Hall–Kier alpha value is -1.67. The Morgan fingerprint density at radius 2 is 1.86 bits per heavy atom. The maximum Gasteiger partial charge on any atom is 0.385 e. The molecule has 0 aliphatic heterocycles. The van der Waals surface area contributed by atoms with Gasteiger partial charge >= 0.3 is 7.68 Å². The molecule has 1 heterocycles. The molecule has 0 aliphatic carbocycles. The molecule has 14 heavy (non-hydrogen) atoms. The number of fused-ring (bicyclic) bond motifs is 1. The van der Waals surface area contributed by atoms with Gasteiger partial charge in [0.25, 0.3) is 0 Å². The molecule has 0 spiro atoms. The van der Waals surface area contributed by atoms with Crippen molar-refractivity contribution in [3.05, 3.63) is 40.6 Å². The molecule has 0 unspecified atom stereocenters. The third-order valence-corrected chi connectivity index (χ3v) is 2.38. The third-order valence-electron chi connectivity index (χ3n) is 1.80. The van der Waals surface area contributed by atoms with Crippen LogP contribution in [0.1, 0.15) is 0 Å². The summed E-state index contributed by atoms with van der Waals surface area (Å²) >= 11 is 0. The smallest absolute Gasteiger partial charge is 0.385 e. The quantitative estimate of drug-likeness (QED) is 0.667. The Balaban J connectivity index is 2.92. The Bertz CT molecular complexity index is 601. The van der Waals surface area contributed by atoms with Gasteiger partial charge in [0, 0.05) is 6.07 Å². The van der Waals surface area contributed by atoms with Crippen LogP contribution in [-0.2, 0) is 9.13 Å². The fraction of sp³-hybridized carbons (Fsp3) is 0. The normalized spacial score (nSPS) is 10.3. The lowest BCUT2D eigenvalue weighted by molar-refractivity contribution is 0.512. The second-order valence-electron chi connectivity index (χ2n) is 2.70. The van der Waals surface area contributed by atoms with Crippen molar-refractivity contribution in [1.29, 1.82) is 0 Å². The average molecular weight is 208 g/mol. The molecule has 70 valence electrons. The zero-order valence-electron chi connectivity index (χ0n) is 6.97. The number of benzene rings is 1. The minimum absolute atomic E-state index is 0.286. The maximum absolute atomic E-state index is 11.4. The molecule has 0 saturated carbocycles. The molecule has 2 rings (SSSR count). The van der Waals surface area contributed by atoms with Crippen molar-refractivity contribution in [2.75, 3.05) is 0 Å². The standard InChI is InChI=1S/C9H5O4P/c10-7-5-9(14(11)12)13-8-4-2-1-3-6(7)8/h1-5H. The van der Waals surface area contributed by atoms with Gasteiger partial charge in [-0.1, -0.05) is 12.1 Å². The van der Waals surface area contributed by atoms with Crippen LogP contribution >= 0.6 is 7.68 Å². The molecule has 0 saturated heterocycles. The topological polar surface area (TPSA) is 64.3 Å². The molecule has 1 aromatic heterocycles. The Labute approximate surface area is 79.0 Å². The van der Waals surface area contributed by atoms with E-state index in [-0.39, 0.29) is 16.5 Å². The SMILES string of the molecule is O=c1cc(P(=O)=O)oc2ccccc12. The van der Waals surface area contributed by atoms with Crippen molar-refractivity contribution < 1.29 is 13.5 Å². The molecule has 0 bridgehead atoms. The van der Waals surface area contributed by atoms with Crippen LogP contribution in [0.15, 0.2) is 39.5 Å². The second kappa shape index (κ2) is 3.24. The van der Waals surface area contributed by atoms with Crippen LogP contribution in [0.2, 0.25) is 0 Å². The Morgan fingerprint density at radius 1 is 1.14 bits per heavy atom. The van der Waals surface area contributed by atoms with Gasteiger partial charge in [0.05, 0.1) is 5.39 Å². The largest absolute Gasteiger partial charge is 0.445 e. The van der Waals surface area contributed by atoms with E-state index >= 15 is 0 Å². The monoisotopic (exact) mass is 208 g/mol. The zero-order chi connectivity index (χ0) is 10.1. The van der Waals surface area contributed by atoms with Crippen LogP contribution in [0.3, 0.4) is 0 Å². The minimum Gasteiger partial charge on any atom is -0.445 e. The molecule has 4 nitrogen and oxygen atoms in total. The third kappa shape index (κ3) is 1.40. The van der Waals surface area contributed by atoms with E-state index in [1.165, 1.54) is 0 Å². The summed E-state index contributed by atoms with van der Waals surface area (Å²) in [6.07, 6.45) is 0. The molecule has 1 aromatic carbocycles. The lowest BCUT2D eigenvalue weighted by atomic mass is 10.2. The van der Waals surface area contributed by atoms with Crippen molar-refractivity contribution in [1.82, 2.24) is 0 Å². The molecule has 0 N–H and O–H groups in total. The van der Waals surface area contributed by atoms with Crippen LogP contribution in [0.5, 0.6) is 0 Å². The predicted octanol–water partition coefficient (Wildman–Crippen LogP) is 1.59. The predicted molar refractivity (Wildman–Crippen MR) is 50.4 cm³/mol. The van der Waals surface area contributed by atoms with E-state index in [9.17, 15) is 13.9 Å². The first-order valence-electron chi connectivity index (χ1n) is 3.86. The highest BCUT2D eigenvalue weighted by Gasteiger charge is 2.06. The van der Waals surface area contributed by atoms with Gasteiger partial charge < -0.3 is 4.42 Å². The van der Waals surface area contributed by atoms with Gasteiger partial charge in [-0.3, -0.25) is 4.79 Å². The lowest BCUT2D eigenvalue weighted by Gasteiger charge is -1.94. The van der Waals surface area contributed by atoms with Gasteiger partial charge in [-0.2, -0.15) is 0 Å². The Kier molecular flexibility index (Phi) is 2.06. The van der Waals surface area contributed by atoms with E-state index in [0.29, 0.717) is 5.39 Å². The zero-order valence-corrected chi connectivity index (χ0v) is 7.86. The highest BCUT2D eigenvalue weighted by Crippen LogP contribution is 2.11. The molecule has 0 atom stereocenters. The maximum atomic E-state index is 11.4. The lowest BCUT2D eigenvalue weighted by Crippen LogP contribution is -2.07. The van der Waals surface area contributed by atoms with Crippen molar-refractivity contribution in [2.24, 2.45) is 0 Å². The van der Waals surface area contributed by atoms with Gasteiger partial charge in [-0.25, -0.2) is 9.13 Å². The summed E-state index contributed by atoms with van der Waals surface area (Å²) in [6.45, 7) is 0. The summed E-state index contributed by atoms with van der Waals surface area (Å²) in [4.78, 5) is 11.4. The Morgan fingerprint density at radius 3 is 2.57 bits per heavy atom. The van der Waals surface area contributed by atoms with E-state index < -0.39 is 7.68 Å². The summed E-state index contributed by atoms with van der Waals surface area (Å²) in [7, 11) is -2.85. The van der Waals surface area contributed by atoms with E-state index in [0.717, 1.165) is 6.07 Å². The van der Waals surface area contributed by atoms with E-state index in [4.69, 9.17) is 4.42 Å². The summed E-state index contributed by atoms with van der Waals surface area (Å²) < 4.78 is 26.2. The van der Waals surface area contributed by atoms with Crippen molar-refractivity contribution in [3.8, 4) is 0 Å². The summed E-state index contributed by atoms with van der Waals surface area (Å²) in [5.41, 5.74) is -0.362. The van der Waals surface area contributed by atoms with Gasteiger partial charge in [0.1, 0.15) is 5.58 Å². The summed E-state index contributed by atoms with van der Waals surface area (Å²) in [6, 6.07) is 7.49. The minimum atomic E-state index is -2.85. The summed E-state index contributed by atoms with van der Waals surface area (Å²) in [5, 5.41) is 0.383. The van der Waals surface area contributed by atoms with Crippen LogP contribution < -0.4 is 10.9 Å².